The van der Waals surface area contributed by atoms with Gasteiger partial charge in [-0.2, -0.15) is 0 Å². The van der Waals surface area contributed by atoms with Gasteiger partial charge in [-0.25, -0.2) is 9.37 Å². The molecule has 3 rings (SSSR count). The molecule has 6 heteroatoms. The number of nitrogens with one attached hydrogen (secondary N) is 1. The molecule has 1 heterocycles. The summed E-state index contributed by atoms with van der Waals surface area (Å²) in [5, 5.41) is 13.1. The molecule has 1 aromatic carbocycles. The number of halogens is 1. The summed E-state index contributed by atoms with van der Waals surface area (Å²) in [7, 11) is 1.88. The van der Waals surface area contributed by atoms with Gasteiger partial charge < -0.3 is 15.0 Å². The molecule has 0 bridgehead atoms. The van der Waals surface area contributed by atoms with Gasteiger partial charge in [0.2, 0.25) is 5.91 Å². The molecule has 1 amide bonds. The van der Waals surface area contributed by atoms with Gasteiger partial charge in [0, 0.05) is 26.1 Å². The van der Waals surface area contributed by atoms with Crippen LogP contribution in [0.25, 0.3) is 11.0 Å². The van der Waals surface area contributed by atoms with Gasteiger partial charge in [0.05, 0.1) is 23.1 Å². The summed E-state index contributed by atoms with van der Waals surface area (Å²) in [6, 6.07) is 4.53. The number of aryl methyl sites for hydroxylation is 1. The summed E-state index contributed by atoms with van der Waals surface area (Å²) < 4.78 is 15.1. The predicted molar refractivity (Wildman–Crippen MR) is 85.4 cm³/mol. The lowest BCUT2D eigenvalue weighted by atomic mass is 9.98. The number of carbonyl (C=O) groups is 1. The third-order valence-electron chi connectivity index (χ3n) is 4.63. The van der Waals surface area contributed by atoms with E-state index in [1.165, 1.54) is 12.1 Å². The number of hydrogen-bond acceptors (Lipinski definition) is 3. The Kier molecular flexibility index (Phi) is 4.35. The average molecular weight is 319 g/mol. The van der Waals surface area contributed by atoms with Crippen molar-refractivity contribution in [3.63, 3.8) is 0 Å². The molecule has 2 aromatic rings. The van der Waals surface area contributed by atoms with Crippen molar-refractivity contribution >= 4 is 16.9 Å². The van der Waals surface area contributed by atoms with E-state index in [0.29, 0.717) is 31.3 Å². The van der Waals surface area contributed by atoms with E-state index in [0.717, 1.165) is 24.2 Å². The summed E-state index contributed by atoms with van der Waals surface area (Å²) in [6.07, 6.45) is 4.12. The van der Waals surface area contributed by atoms with Crippen molar-refractivity contribution < 1.29 is 14.3 Å². The van der Waals surface area contributed by atoms with Gasteiger partial charge in [0.1, 0.15) is 11.6 Å². The molecule has 0 aliphatic heterocycles. The molecule has 23 heavy (non-hydrogen) atoms. The lowest BCUT2D eigenvalue weighted by molar-refractivity contribution is -0.125. The van der Waals surface area contributed by atoms with Crippen LogP contribution in [0.4, 0.5) is 4.39 Å². The number of nitrogens with zero attached hydrogens (tertiary/aromatic N) is 2. The molecule has 1 aromatic heterocycles. The minimum Gasteiger partial charge on any atom is -0.389 e. The van der Waals surface area contributed by atoms with Gasteiger partial charge in [0.25, 0.3) is 0 Å². The molecule has 0 unspecified atom stereocenters. The standard InChI is InChI=1S/C17H22FN3O2/c1-21-14-5-4-12(18)10-13(14)20-15(21)6-9-19-16(22)11-17(23)7-2-3-8-17/h4-5,10,23H,2-3,6-9,11H2,1H3,(H,19,22). The average Bonchev–Trinajstić information content (AvgIpc) is 3.03. The van der Waals surface area contributed by atoms with Crippen molar-refractivity contribution in [1.82, 2.24) is 14.9 Å². The first-order chi connectivity index (χ1) is 11.0. The zero-order valence-electron chi connectivity index (χ0n) is 13.3. The summed E-state index contributed by atoms with van der Waals surface area (Å²) >= 11 is 0. The van der Waals surface area contributed by atoms with Crippen LogP contribution < -0.4 is 5.32 Å². The Bertz CT molecular complexity index is 720. The monoisotopic (exact) mass is 319 g/mol. The molecule has 0 radical (unpaired) electrons. The fourth-order valence-corrected chi connectivity index (χ4v) is 3.33. The first kappa shape index (κ1) is 15.9. The first-order valence-electron chi connectivity index (χ1n) is 8.07. The van der Waals surface area contributed by atoms with Gasteiger partial charge >= 0.3 is 0 Å². The highest BCUT2D eigenvalue weighted by molar-refractivity contribution is 5.77. The fourth-order valence-electron chi connectivity index (χ4n) is 3.33. The van der Waals surface area contributed by atoms with Gasteiger partial charge in [-0.3, -0.25) is 4.79 Å². The molecule has 0 spiro atoms. The minimum atomic E-state index is -0.820. The molecular weight excluding hydrogens is 297 g/mol. The van der Waals surface area contributed by atoms with Crippen LogP contribution in [0, 0.1) is 5.82 Å². The van der Waals surface area contributed by atoms with Crippen LogP contribution in [0.15, 0.2) is 18.2 Å². The summed E-state index contributed by atoms with van der Waals surface area (Å²) in [5.41, 5.74) is 0.668. The summed E-state index contributed by atoms with van der Waals surface area (Å²) in [6.45, 7) is 0.453. The number of rotatable bonds is 5. The molecule has 0 saturated heterocycles. The van der Waals surface area contributed by atoms with Gasteiger partial charge in [-0.15, -0.1) is 0 Å². The highest BCUT2D eigenvalue weighted by Gasteiger charge is 2.33. The van der Waals surface area contributed by atoms with Gasteiger partial charge in [-0.1, -0.05) is 12.8 Å². The number of amides is 1. The second-order valence-electron chi connectivity index (χ2n) is 6.43. The molecular formula is C17H22FN3O2. The molecule has 1 saturated carbocycles. The minimum absolute atomic E-state index is 0.126. The SMILES string of the molecule is Cn1c(CCNC(=O)CC2(O)CCCC2)nc2cc(F)ccc21. The number of fused-ring (bicyclic) bond motifs is 1. The Morgan fingerprint density at radius 1 is 1.43 bits per heavy atom. The highest BCUT2D eigenvalue weighted by Crippen LogP contribution is 2.32. The van der Waals surface area contributed by atoms with E-state index in [-0.39, 0.29) is 18.1 Å². The Morgan fingerprint density at radius 3 is 2.91 bits per heavy atom. The second kappa shape index (κ2) is 6.28. The van der Waals surface area contributed by atoms with Crippen LogP contribution >= 0.6 is 0 Å². The maximum absolute atomic E-state index is 13.2. The third-order valence-corrected chi connectivity index (χ3v) is 4.63. The van der Waals surface area contributed by atoms with Crippen molar-refractivity contribution in [3.8, 4) is 0 Å². The van der Waals surface area contributed by atoms with E-state index < -0.39 is 5.60 Å². The van der Waals surface area contributed by atoms with Gasteiger partial charge in [0.15, 0.2) is 0 Å². The number of benzene rings is 1. The third kappa shape index (κ3) is 3.52. The normalized spacial score (nSPS) is 16.8. The largest absolute Gasteiger partial charge is 0.389 e. The summed E-state index contributed by atoms with van der Waals surface area (Å²) in [4.78, 5) is 16.4. The Hall–Kier alpha value is -1.95. The lowest BCUT2D eigenvalue weighted by Gasteiger charge is -2.21. The predicted octanol–water partition coefficient (Wildman–Crippen LogP) is 2.07. The smallest absolute Gasteiger partial charge is 0.222 e. The number of hydrogen-bond donors (Lipinski definition) is 2. The maximum atomic E-state index is 13.2. The van der Waals surface area contributed by atoms with Crippen LogP contribution in [0.1, 0.15) is 37.9 Å². The van der Waals surface area contributed by atoms with E-state index in [1.54, 1.807) is 6.07 Å². The quantitative estimate of drug-likeness (QED) is 0.886. The molecule has 1 aliphatic carbocycles. The Morgan fingerprint density at radius 2 is 2.17 bits per heavy atom. The molecule has 124 valence electrons. The van der Waals surface area contributed by atoms with Crippen LogP contribution in [-0.4, -0.2) is 32.7 Å². The molecule has 0 atom stereocenters. The van der Waals surface area contributed by atoms with Crippen molar-refractivity contribution in [2.75, 3.05) is 6.54 Å². The number of aromatic nitrogens is 2. The number of carbonyl (C=O) groups excluding carboxylic acids is 1. The lowest BCUT2D eigenvalue weighted by Crippen LogP contribution is -2.35. The van der Waals surface area contributed by atoms with Crippen LogP contribution in [-0.2, 0) is 18.3 Å². The van der Waals surface area contributed by atoms with E-state index in [1.807, 2.05) is 11.6 Å². The van der Waals surface area contributed by atoms with E-state index in [9.17, 15) is 14.3 Å². The Balaban J connectivity index is 1.56. The van der Waals surface area contributed by atoms with Crippen LogP contribution in [0.3, 0.4) is 0 Å². The summed E-state index contributed by atoms with van der Waals surface area (Å²) in [5.74, 6) is 0.366. The maximum Gasteiger partial charge on any atom is 0.222 e. The van der Waals surface area contributed by atoms with E-state index in [2.05, 4.69) is 10.3 Å². The number of aliphatic hydroxyl groups is 1. The second-order valence-corrected chi connectivity index (χ2v) is 6.43. The Labute approximate surface area is 134 Å². The van der Waals surface area contributed by atoms with Crippen molar-refractivity contribution in [1.29, 1.82) is 0 Å². The molecule has 1 aliphatic rings. The van der Waals surface area contributed by atoms with E-state index in [4.69, 9.17) is 0 Å². The van der Waals surface area contributed by atoms with Crippen molar-refractivity contribution in [2.45, 2.75) is 44.1 Å². The number of imidazole rings is 1. The molecule has 2 N–H and O–H groups in total. The van der Waals surface area contributed by atoms with E-state index >= 15 is 0 Å². The van der Waals surface area contributed by atoms with Crippen LogP contribution in [0.5, 0.6) is 0 Å². The van der Waals surface area contributed by atoms with Crippen molar-refractivity contribution in [3.05, 3.63) is 29.8 Å². The topological polar surface area (TPSA) is 67.2 Å². The molecule has 1 fully saturated rings. The van der Waals surface area contributed by atoms with Gasteiger partial charge in [-0.05, 0) is 25.0 Å². The highest BCUT2D eigenvalue weighted by atomic mass is 19.1. The zero-order chi connectivity index (χ0) is 16.4. The molecule has 5 nitrogen and oxygen atoms in total. The van der Waals surface area contributed by atoms with Crippen molar-refractivity contribution in [2.24, 2.45) is 7.05 Å². The fraction of sp³-hybridized carbons (Fsp3) is 0.529. The zero-order valence-corrected chi connectivity index (χ0v) is 13.3. The first-order valence-corrected chi connectivity index (χ1v) is 8.07. The van der Waals surface area contributed by atoms with Crippen LogP contribution in [0.2, 0.25) is 0 Å².